The zero-order valence-electron chi connectivity index (χ0n) is 11.9. The number of hydrogen-bond acceptors (Lipinski definition) is 2. The fraction of sp³-hybridized carbons (Fsp3) is 0.235. The zero-order chi connectivity index (χ0) is 14.7. The minimum atomic E-state index is 0.426. The highest BCUT2D eigenvalue weighted by Gasteiger charge is 2.12. The summed E-state index contributed by atoms with van der Waals surface area (Å²) in [5.41, 5.74) is 4.99. The van der Waals surface area contributed by atoms with Crippen molar-refractivity contribution >= 4 is 27.3 Å². The monoisotopic (exact) mass is 328 g/mol. The van der Waals surface area contributed by atoms with E-state index >= 15 is 0 Å². The van der Waals surface area contributed by atoms with E-state index in [-0.39, 0.29) is 0 Å². The standard InChI is InChI=1S/C17H17BrN2/c1-11(2)13-7-4-6-12(3)17(13)20-16-9-5-8-15(18)14(16)10-19/h4-9,11,20H,1-3H3. The maximum Gasteiger partial charge on any atom is 0.103 e. The van der Waals surface area contributed by atoms with Crippen molar-refractivity contribution in [3.05, 3.63) is 57.6 Å². The van der Waals surface area contributed by atoms with Crippen molar-refractivity contribution in [2.45, 2.75) is 26.7 Å². The second kappa shape index (κ2) is 6.11. The molecule has 0 aromatic heterocycles. The van der Waals surface area contributed by atoms with Gasteiger partial charge in [0, 0.05) is 10.2 Å². The lowest BCUT2D eigenvalue weighted by atomic mass is 9.98. The Morgan fingerprint density at radius 3 is 2.50 bits per heavy atom. The van der Waals surface area contributed by atoms with Crippen LogP contribution < -0.4 is 5.32 Å². The van der Waals surface area contributed by atoms with Crippen molar-refractivity contribution in [2.75, 3.05) is 5.32 Å². The van der Waals surface area contributed by atoms with Crippen molar-refractivity contribution in [3.8, 4) is 6.07 Å². The summed E-state index contributed by atoms with van der Waals surface area (Å²) in [7, 11) is 0. The number of rotatable bonds is 3. The van der Waals surface area contributed by atoms with Gasteiger partial charge < -0.3 is 5.32 Å². The number of benzene rings is 2. The summed E-state index contributed by atoms with van der Waals surface area (Å²) in [5, 5.41) is 12.7. The predicted octanol–water partition coefficient (Wildman–Crippen LogP) is 5.50. The van der Waals surface area contributed by atoms with Gasteiger partial charge in [0.25, 0.3) is 0 Å². The third-order valence-corrected chi connectivity index (χ3v) is 3.97. The molecule has 0 saturated carbocycles. The molecule has 0 unspecified atom stereocenters. The van der Waals surface area contributed by atoms with E-state index in [4.69, 9.17) is 0 Å². The van der Waals surface area contributed by atoms with Crippen molar-refractivity contribution < 1.29 is 0 Å². The molecule has 0 radical (unpaired) electrons. The van der Waals surface area contributed by atoms with Gasteiger partial charge >= 0.3 is 0 Å². The van der Waals surface area contributed by atoms with E-state index in [0.717, 1.165) is 15.8 Å². The number of hydrogen-bond donors (Lipinski definition) is 1. The van der Waals surface area contributed by atoms with Crippen LogP contribution in [0.3, 0.4) is 0 Å². The second-order valence-electron chi connectivity index (χ2n) is 5.09. The van der Waals surface area contributed by atoms with Gasteiger partial charge in [-0.1, -0.05) is 38.1 Å². The van der Waals surface area contributed by atoms with E-state index in [1.807, 2.05) is 18.2 Å². The maximum atomic E-state index is 9.31. The average molecular weight is 329 g/mol. The number of nitrogens with one attached hydrogen (secondary N) is 1. The Labute approximate surface area is 128 Å². The molecule has 0 amide bonds. The van der Waals surface area contributed by atoms with Crippen molar-refractivity contribution in [3.63, 3.8) is 0 Å². The number of aryl methyl sites for hydroxylation is 1. The Hall–Kier alpha value is -1.79. The Kier molecular flexibility index (Phi) is 4.46. The maximum absolute atomic E-state index is 9.31. The highest BCUT2D eigenvalue weighted by molar-refractivity contribution is 9.10. The number of nitriles is 1. The highest BCUT2D eigenvalue weighted by Crippen LogP contribution is 2.33. The SMILES string of the molecule is Cc1cccc(C(C)C)c1Nc1cccc(Br)c1C#N. The first kappa shape index (κ1) is 14.6. The van der Waals surface area contributed by atoms with Gasteiger partial charge in [0.05, 0.1) is 11.3 Å². The van der Waals surface area contributed by atoms with E-state index in [1.165, 1.54) is 11.1 Å². The van der Waals surface area contributed by atoms with Gasteiger partial charge in [0.2, 0.25) is 0 Å². The van der Waals surface area contributed by atoms with Crippen molar-refractivity contribution in [1.29, 1.82) is 5.26 Å². The van der Waals surface area contributed by atoms with Crippen LogP contribution in [0.4, 0.5) is 11.4 Å². The van der Waals surface area contributed by atoms with E-state index in [1.54, 1.807) is 0 Å². The Morgan fingerprint density at radius 2 is 1.85 bits per heavy atom. The van der Waals surface area contributed by atoms with Gasteiger partial charge in [-0.15, -0.1) is 0 Å². The van der Waals surface area contributed by atoms with Crippen LogP contribution in [0.25, 0.3) is 0 Å². The molecule has 0 heterocycles. The molecule has 0 spiro atoms. The number of halogens is 1. The summed E-state index contributed by atoms with van der Waals surface area (Å²) in [5.74, 6) is 0.426. The van der Waals surface area contributed by atoms with E-state index in [9.17, 15) is 5.26 Å². The molecule has 2 aromatic rings. The molecule has 0 atom stereocenters. The van der Waals surface area contributed by atoms with Gasteiger partial charge in [-0.2, -0.15) is 5.26 Å². The molecule has 2 aromatic carbocycles. The van der Waals surface area contributed by atoms with Gasteiger partial charge in [0.15, 0.2) is 0 Å². The van der Waals surface area contributed by atoms with E-state index in [0.29, 0.717) is 11.5 Å². The smallest absolute Gasteiger partial charge is 0.103 e. The molecule has 2 rings (SSSR count). The van der Waals surface area contributed by atoms with Crippen LogP contribution in [-0.4, -0.2) is 0 Å². The highest BCUT2D eigenvalue weighted by atomic mass is 79.9. The fourth-order valence-corrected chi connectivity index (χ4v) is 2.67. The molecule has 20 heavy (non-hydrogen) atoms. The third-order valence-electron chi connectivity index (χ3n) is 3.31. The molecule has 2 nitrogen and oxygen atoms in total. The molecule has 0 aliphatic heterocycles. The molecule has 0 saturated heterocycles. The Morgan fingerprint density at radius 1 is 1.15 bits per heavy atom. The van der Waals surface area contributed by atoms with Crippen LogP contribution in [0, 0.1) is 18.3 Å². The van der Waals surface area contributed by atoms with Gasteiger partial charge in [-0.3, -0.25) is 0 Å². The lowest BCUT2D eigenvalue weighted by Gasteiger charge is -2.18. The van der Waals surface area contributed by atoms with E-state index in [2.05, 4.69) is 66.3 Å². The fourth-order valence-electron chi connectivity index (χ4n) is 2.22. The average Bonchev–Trinajstić information content (AvgIpc) is 2.41. The summed E-state index contributed by atoms with van der Waals surface area (Å²) >= 11 is 3.42. The molecule has 1 N–H and O–H groups in total. The first-order valence-corrected chi connectivity index (χ1v) is 7.39. The Balaban J connectivity index is 2.51. The van der Waals surface area contributed by atoms with Crippen LogP contribution in [0.15, 0.2) is 40.9 Å². The molecule has 0 fully saturated rings. The molecule has 0 aliphatic carbocycles. The van der Waals surface area contributed by atoms with Gasteiger partial charge in [0.1, 0.15) is 6.07 Å². The van der Waals surface area contributed by atoms with Crippen molar-refractivity contribution in [1.82, 2.24) is 0 Å². The molecule has 0 aliphatic rings. The van der Waals surface area contributed by atoms with Crippen LogP contribution in [-0.2, 0) is 0 Å². The third kappa shape index (κ3) is 2.86. The van der Waals surface area contributed by atoms with Gasteiger partial charge in [-0.05, 0) is 52.0 Å². The number of para-hydroxylation sites is 1. The first-order valence-electron chi connectivity index (χ1n) is 6.59. The second-order valence-corrected chi connectivity index (χ2v) is 5.95. The predicted molar refractivity (Wildman–Crippen MR) is 87.4 cm³/mol. The summed E-state index contributed by atoms with van der Waals surface area (Å²) in [6, 6.07) is 14.3. The zero-order valence-corrected chi connectivity index (χ0v) is 13.5. The summed E-state index contributed by atoms with van der Waals surface area (Å²) in [6.45, 7) is 6.43. The van der Waals surface area contributed by atoms with Crippen LogP contribution in [0.2, 0.25) is 0 Å². The topological polar surface area (TPSA) is 35.8 Å². The molecule has 102 valence electrons. The number of nitrogens with zero attached hydrogens (tertiary/aromatic N) is 1. The summed E-state index contributed by atoms with van der Waals surface area (Å²) in [6.07, 6.45) is 0. The molecule has 0 bridgehead atoms. The van der Waals surface area contributed by atoms with Crippen LogP contribution in [0.1, 0.15) is 36.5 Å². The van der Waals surface area contributed by atoms with Crippen LogP contribution >= 0.6 is 15.9 Å². The van der Waals surface area contributed by atoms with Crippen LogP contribution in [0.5, 0.6) is 0 Å². The lowest BCUT2D eigenvalue weighted by Crippen LogP contribution is -2.02. The quantitative estimate of drug-likeness (QED) is 0.807. The lowest BCUT2D eigenvalue weighted by molar-refractivity contribution is 0.867. The van der Waals surface area contributed by atoms with Gasteiger partial charge in [-0.25, -0.2) is 0 Å². The van der Waals surface area contributed by atoms with E-state index < -0.39 is 0 Å². The molecule has 3 heteroatoms. The van der Waals surface area contributed by atoms with Crippen molar-refractivity contribution in [2.24, 2.45) is 0 Å². The number of anilines is 2. The molecular formula is C17H17BrN2. The minimum absolute atomic E-state index is 0.426. The largest absolute Gasteiger partial charge is 0.354 e. The molecular weight excluding hydrogens is 312 g/mol. The first-order chi connectivity index (χ1) is 9.54. The Bertz CT molecular complexity index is 669. The summed E-state index contributed by atoms with van der Waals surface area (Å²) < 4.78 is 0.810. The minimum Gasteiger partial charge on any atom is -0.354 e. The summed E-state index contributed by atoms with van der Waals surface area (Å²) in [4.78, 5) is 0. The normalized spacial score (nSPS) is 10.4.